The first-order valence-corrected chi connectivity index (χ1v) is 11.3. The maximum absolute atomic E-state index is 14.0. The number of hydrogen-bond donors (Lipinski definition) is 3. The van der Waals surface area contributed by atoms with Gasteiger partial charge in [-0.25, -0.2) is 4.79 Å². The minimum absolute atomic E-state index is 0.254. The van der Waals surface area contributed by atoms with E-state index in [4.69, 9.17) is 10.5 Å². The molecular weight excluding hydrogens is 460 g/mol. The number of carbonyl (C=O) groups excluding carboxylic acids is 4. The Morgan fingerprint density at radius 3 is 2.47 bits per heavy atom. The molecule has 0 bridgehead atoms. The maximum atomic E-state index is 14.0. The van der Waals surface area contributed by atoms with Crippen molar-refractivity contribution in [2.24, 2.45) is 5.73 Å². The Morgan fingerprint density at radius 1 is 1.08 bits per heavy atom. The van der Waals surface area contributed by atoms with Crippen LogP contribution < -0.4 is 26.0 Å². The smallest absolute Gasteiger partial charge is 0.320 e. The largest absolute Gasteiger partial charge is 0.497 e. The van der Waals surface area contributed by atoms with Crippen LogP contribution in [0.5, 0.6) is 5.75 Å². The number of benzene rings is 3. The second-order valence-corrected chi connectivity index (χ2v) is 8.46. The molecule has 0 spiro atoms. The molecule has 4 rings (SSSR count). The molecule has 3 aromatic rings. The standard InChI is InChI=1S/C27H26N4O5/c1-17-10-12-18(13-11-17)23(24(28)33)27(30-26(35)29-19-6-5-7-20(16-19)36-2)21-8-3-4-9-22(21)31(14-15-32)25(27)34/h3-13,15-16,23H,14H2,1-2H3,(H2,28,33)(H2,29,30,35)/t23?,27-/m1/s1. The first kappa shape index (κ1) is 24.5. The average molecular weight is 487 g/mol. The summed E-state index contributed by atoms with van der Waals surface area (Å²) in [5.41, 5.74) is 6.59. The number of anilines is 2. The lowest BCUT2D eigenvalue weighted by Crippen LogP contribution is -2.60. The number of fused-ring (bicyclic) bond motifs is 1. The lowest BCUT2D eigenvalue weighted by Gasteiger charge is -2.36. The maximum Gasteiger partial charge on any atom is 0.320 e. The van der Waals surface area contributed by atoms with Crippen LogP contribution in [0.1, 0.15) is 22.6 Å². The van der Waals surface area contributed by atoms with Crippen LogP contribution in [-0.2, 0) is 19.9 Å². The number of methoxy groups -OCH3 is 1. The Labute approximate surface area is 208 Å². The fourth-order valence-corrected chi connectivity index (χ4v) is 4.64. The number of rotatable bonds is 8. The van der Waals surface area contributed by atoms with Crippen molar-refractivity contribution in [3.63, 3.8) is 0 Å². The van der Waals surface area contributed by atoms with Gasteiger partial charge in [0.05, 0.1) is 25.3 Å². The molecule has 36 heavy (non-hydrogen) atoms. The van der Waals surface area contributed by atoms with Crippen molar-refractivity contribution >= 4 is 35.5 Å². The number of hydrogen-bond acceptors (Lipinski definition) is 5. The topological polar surface area (TPSA) is 131 Å². The van der Waals surface area contributed by atoms with E-state index in [9.17, 15) is 19.2 Å². The Hall–Kier alpha value is -4.66. The van der Waals surface area contributed by atoms with Gasteiger partial charge in [0.2, 0.25) is 5.91 Å². The number of aldehydes is 1. The van der Waals surface area contributed by atoms with Gasteiger partial charge < -0.3 is 30.8 Å². The molecule has 0 radical (unpaired) electrons. The first-order chi connectivity index (χ1) is 17.3. The Balaban J connectivity index is 1.87. The molecule has 3 aromatic carbocycles. The molecule has 4 amide bonds. The fraction of sp³-hybridized carbons (Fsp3) is 0.185. The molecule has 1 aliphatic rings. The molecule has 0 aromatic heterocycles. The molecule has 0 saturated heterocycles. The average Bonchev–Trinajstić information content (AvgIpc) is 3.09. The number of nitrogens with one attached hydrogen (secondary N) is 2. The van der Waals surface area contributed by atoms with Crippen molar-refractivity contribution in [1.29, 1.82) is 0 Å². The van der Waals surface area contributed by atoms with E-state index in [-0.39, 0.29) is 6.54 Å². The van der Waals surface area contributed by atoms with Gasteiger partial charge in [-0.1, -0.05) is 54.1 Å². The number of ether oxygens (including phenoxy) is 1. The zero-order chi connectivity index (χ0) is 25.9. The zero-order valence-corrected chi connectivity index (χ0v) is 19.9. The minimum Gasteiger partial charge on any atom is -0.497 e. The highest BCUT2D eigenvalue weighted by molar-refractivity contribution is 6.14. The van der Waals surface area contributed by atoms with Gasteiger partial charge in [-0.05, 0) is 30.7 Å². The van der Waals surface area contributed by atoms with Gasteiger partial charge in [-0.3, -0.25) is 9.59 Å². The zero-order valence-electron chi connectivity index (χ0n) is 19.9. The molecular formula is C27H26N4O5. The predicted octanol–water partition coefficient (Wildman–Crippen LogP) is 2.84. The van der Waals surface area contributed by atoms with E-state index in [1.54, 1.807) is 72.8 Å². The second kappa shape index (κ2) is 9.91. The second-order valence-electron chi connectivity index (χ2n) is 8.46. The molecule has 1 heterocycles. The number of nitrogens with zero attached hydrogens (tertiary/aromatic N) is 1. The van der Waals surface area contributed by atoms with Gasteiger partial charge in [-0.2, -0.15) is 0 Å². The van der Waals surface area contributed by atoms with Gasteiger partial charge in [0.15, 0.2) is 5.54 Å². The summed E-state index contributed by atoms with van der Waals surface area (Å²) in [4.78, 5) is 53.1. The van der Waals surface area contributed by atoms with Gasteiger partial charge in [-0.15, -0.1) is 0 Å². The SMILES string of the molecule is COc1cccc(NC(=O)N[C@]2(C(C(N)=O)c3ccc(C)cc3)C(=O)N(CC=O)c3ccccc32)c1. The number of aryl methyl sites for hydroxylation is 1. The molecule has 4 N–H and O–H groups in total. The van der Waals surface area contributed by atoms with Gasteiger partial charge in [0.1, 0.15) is 12.0 Å². The number of nitrogens with two attached hydrogens (primary N) is 1. The minimum atomic E-state index is -1.90. The number of carbonyl (C=O) groups is 4. The molecule has 184 valence electrons. The molecule has 9 nitrogen and oxygen atoms in total. The van der Waals surface area contributed by atoms with Gasteiger partial charge >= 0.3 is 6.03 Å². The fourth-order valence-electron chi connectivity index (χ4n) is 4.64. The third kappa shape index (κ3) is 4.26. The Bertz CT molecular complexity index is 1320. The highest BCUT2D eigenvalue weighted by Crippen LogP contribution is 2.48. The third-order valence-electron chi connectivity index (χ3n) is 6.23. The summed E-state index contributed by atoms with van der Waals surface area (Å²) in [5, 5.41) is 5.47. The molecule has 2 atom stereocenters. The highest BCUT2D eigenvalue weighted by Gasteiger charge is 2.59. The van der Waals surface area contributed by atoms with E-state index in [0.29, 0.717) is 34.5 Å². The molecule has 0 saturated carbocycles. The van der Waals surface area contributed by atoms with Crippen molar-refractivity contribution in [2.45, 2.75) is 18.4 Å². The van der Waals surface area contributed by atoms with Gasteiger partial charge in [0.25, 0.3) is 5.91 Å². The molecule has 0 aliphatic carbocycles. The van der Waals surface area contributed by atoms with Crippen molar-refractivity contribution in [3.8, 4) is 5.75 Å². The summed E-state index contributed by atoms with van der Waals surface area (Å²) >= 11 is 0. The molecule has 1 unspecified atom stereocenters. The van der Waals surface area contributed by atoms with Crippen LogP contribution in [0, 0.1) is 6.92 Å². The van der Waals surface area contributed by atoms with E-state index < -0.39 is 29.3 Å². The van der Waals surface area contributed by atoms with E-state index in [0.717, 1.165) is 5.56 Å². The molecule has 9 heteroatoms. The van der Waals surface area contributed by atoms with Crippen LogP contribution in [0.15, 0.2) is 72.8 Å². The number of primary amides is 1. The predicted molar refractivity (Wildman–Crippen MR) is 135 cm³/mol. The number of amides is 4. The number of urea groups is 1. The van der Waals surface area contributed by atoms with E-state index in [2.05, 4.69) is 10.6 Å². The van der Waals surface area contributed by atoms with E-state index in [1.807, 2.05) is 6.92 Å². The first-order valence-electron chi connectivity index (χ1n) is 11.3. The summed E-state index contributed by atoms with van der Waals surface area (Å²) in [6.07, 6.45) is 0.590. The lowest BCUT2D eigenvalue weighted by molar-refractivity contribution is -0.131. The third-order valence-corrected chi connectivity index (χ3v) is 6.23. The normalized spacial score (nSPS) is 17.2. The van der Waals surface area contributed by atoms with Crippen molar-refractivity contribution < 1.29 is 23.9 Å². The Morgan fingerprint density at radius 2 is 1.81 bits per heavy atom. The quantitative estimate of drug-likeness (QED) is 0.422. The van der Waals surface area contributed by atoms with Crippen molar-refractivity contribution in [2.75, 3.05) is 23.9 Å². The van der Waals surface area contributed by atoms with Crippen LogP contribution in [0.2, 0.25) is 0 Å². The molecule has 0 fully saturated rings. The van der Waals surface area contributed by atoms with Crippen LogP contribution >= 0.6 is 0 Å². The van der Waals surface area contributed by atoms with Gasteiger partial charge in [0, 0.05) is 17.3 Å². The highest BCUT2D eigenvalue weighted by atomic mass is 16.5. The molecule has 1 aliphatic heterocycles. The van der Waals surface area contributed by atoms with Crippen LogP contribution in [0.4, 0.5) is 16.2 Å². The summed E-state index contributed by atoms with van der Waals surface area (Å²) in [6, 6.07) is 19.7. The monoisotopic (exact) mass is 486 g/mol. The van der Waals surface area contributed by atoms with Crippen molar-refractivity contribution in [1.82, 2.24) is 5.32 Å². The number of para-hydroxylation sites is 1. The van der Waals surface area contributed by atoms with Crippen molar-refractivity contribution in [3.05, 3.63) is 89.5 Å². The summed E-state index contributed by atoms with van der Waals surface area (Å²) < 4.78 is 5.20. The van der Waals surface area contributed by atoms with Crippen LogP contribution in [0.25, 0.3) is 0 Å². The summed E-state index contributed by atoms with van der Waals surface area (Å²) in [6.45, 7) is 1.64. The van der Waals surface area contributed by atoms with E-state index >= 15 is 0 Å². The summed E-state index contributed by atoms with van der Waals surface area (Å²) in [7, 11) is 1.50. The Kier molecular flexibility index (Phi) is 6.73. The summed E-state index contributed by atoms with van der Waals surface area (Å²) in [5.74, 6) is -2.19. The lowest BCUT2D eigenvalue weighted by atomic mass is 9.74. The van der Waals surface area contributed by atoms with Crippen LogP contribution in [-0.4, -0.2) is 37.8 Å². The van der Waals surface area contributed by atoms with Crippen LogP contribution in [0.3, 0.4) is 0 Å². The van der Waals surface area contributed by atoms with E-state index in [1.165, 1.54) is 12.0 Å².